The smallest absolute Gasteiger partial charge is 0.230 e. The quantitative estimate of drug-likeness (QED) is 0.828. The minimum Gasteiger partial charge on any atom is -0.394 e. The number of rotatable bonds is 4. The topological polar surface area (TPSA) is 91.4 Å². The van der Waals surface area contributed by atoms with Gasteiger partial charge in [-0.3, -0.25) is 0 Å². The molecule has 1 aliphatic heterocycles. The molecule has 118 valence electrons. The van der Waals surface area contributed by atoms with Crippen molar-refractivity contribution in [3.8, 4) is 0 Å². The first kappa shape index (κ1) is 15.9. The predicted molar refractivity (Wildman–Crippen MR) is 83.7 cm³/mol. The normalized spacial score (nSPS) is 18.1. The number of nitrogens with zero attached hydrogens (tertiary/aromatic N) is 5. The van der Waals surface area contributed by atoms with Gasteiger partial charge in [0.25, 0.3) is 0 Å². The van der Waals surface area contributed by atoms with Crippen molar-refractivity contribution in [2.24, 2.45) is 5.73 Å². The second-order valence-corrected chi connectivity index (χ2v) is 6.35. The zero-order valence-electron chi connectivity index (χ0n) is 13.4. The maximum atomic E-state index is 9.35. The molecular formula is C14H26N6O. The van der Waals surface area contributed by atoms with E-state index in [0.717, 1.165) is 31.8 Å². The van der Waals surface area contributed by atoms with Crippen molar-refractivity contribution in [1.29, 1.82) is 0 Å². The van der Waals surface area contributed by atoms with E-state index in [1.165, 1.54) is 0 Å². The molecule has 0 atom stereocenters. The van der Waals surface area contributed by atoms with E-state index in [0.29, 0.717) is 11.9 Å². The molecule has 1 saturated heterocycles. The number of aromatic nitrogens is 3. The van der Waals surface area contributed by atoms with Crippen LogP contribution in [0.15, 0.2) is 0 Å². The summed E-state index contributed by atoms with van der Waals surface area (Å²) in [5, 5.41) is 9.35. The van der Waals surface area contributed by atoms with Crippen LogP contribution in [-0.2, 0) is 0 Å². The van der Waals surface area contributed by atoms with E-state index < -0.39 is 5.54 Å². The fourth-order valence-electron chi connectivity index (χ4n) is 2.28. The number of piperidine rings is 1. The average Bonchev–Trinajstić information content (AvgIpc) is 2.47. The Morgan fingerprint density at radius 2 is 1.86 bits per heavy atom. The second kappa shape index (κ2) is 6.11. The third-order valence-electron chi connectivity index (χ3n) is 3.90. The molecule has 1 aromatic heterocycles. The Morgan fingerprint density at radius 1 is 1.24 bits per heavy atom. The van der Waals surface area contributed by atoms with Crippen molar-refractivity contribution >= 4 is 11.9 Å². The molecule has 7 heteroatoms. The molecule has 0 radical (unpaired) electrons. The number of anilines is 2. The number of hydrogen-bond acceptors (Lipinski definition) is 7. The summed E-state index contributed by atoms with van der Waals surface area (Å²) in [5.74, 6) is 2.43. The molecule has 1 aromatic rings. The summed E-state index contributed by atoms with van der Waals surface area (Å²) in [4.78, 5) is 17.6. The highest BCUT2D eigenvalue weighted by Gasteiger charge is 2.31. The predicted octanol–water partition coefficient (Wildman–Crippen LogP) is 0.351. The van der Waals surface area contributed by atoms with Crippen LogP contribution in [0.1, 0.15) is 38.4 Å². The summed E-state index contributed by atoms with van der Waals surface area (Å²) in [6.07, 6.45) is 1.48. The lowest BCUT2D eigenvalue weighted by Gasteiger charge is -2.38. The van der Waals surface area contributed by atoms with Crippen LogP contribution in [0.25, 0.3) is 0 Å². The van der Waals surface area contributed by atoms with E-state index in [1.54, 1.807) is 0 Å². The molecule has 0 aromatic carbocycles. The summed E-state index contributed by atoms with van der Waals surface area (Å²) < 4.78 is 0. The Hall–Kier alpha value is -1.47. The molecule has 0 spiro atoms. The van der Waals surface area contributed by atoms with Crippen LogP contribution in [0.3, 0.4) is 0 Å². The van der Waals surface area contributed by atoms with Gasteiger partial charge in [0.05, 0.1) is 6.61 Å². The summed E-state index contributed by atoms with van der Waals surface area (Å²) >= 11 is 0. The first-order valence-electron chi connectivity index (χ1n) is 7.42. The van der Waals surface area contributed by atoms with Gasteiger partial charge < -0.3 is 20.6 Å². The molecule has 0 unspecified atom stereocenters. The van der Waals surface area contributed by atoms with Crippen molar-refractivity contribution < 1.29 is 5.11 Å². The van der Waals surface area contributed by atoms with Gasteiger partial charge in [0.15, 0.2) is 0 Å². The number of nitrogens with two attached hydrogens (primary N) is 1. The lowest BCUT2D eigenvalue weighted by molar-refractivity contribution is 0.169. The zero-order valence-corrected chi connectivity index (χ0v) is 13.4. The Kier molecular flexibility index (Phi) is 4.63. The minimum atomic E-state index is -0.464. The van der Waals surface area contributed by atoms with Crippen molar-refractivity contribution in [3.63, 3.8) is 0 Å². The Bertz CT molecular complexity index is 456. The van der Waals surface area contributed by atoms with E-state index in [2.05, 4.69) is 33.7 Å². The van der Waals surface area contributed by atoms with E-state index in [-0.39, 0.29) is 12.5 Å². The van der Waals surface area contributed by atoms with Gasteiger partial charge in [-0.1, -0.05) is 13.8 Å². The van der Waals surface area contributed by atoms with Gasteiger partial charge in [-0.2, -0.15) is 15.0 Å². The van der Waals surface area contributed by atoms with Gasteiger partial charge in [0.2, 0.25) is 11.9 Å². The molecule has 0 amide bonds. The van der Waals surface area contributed by atoms with Gasteiger partial charge in [0, 0.05) is 38.6 Å². The van der Waals surface area contributed by atoms with Crippen molar-refractivity contribution in [2.75, 3.05) is 43.6 Å². The van der Waals surface area contributed by atoms with Crippen LogP contribution in [0, 0.1) is 0 Å². The molecule has 3 N–H and O–H groups in total. The fraction of sp³-hybridized carbons (Fsp3) is 0.786. The van der Waals surface area contributed by atoms with Crippen LogP contribution < -0.4 is 15.5 Å². The molecule has 2 heterocycles. The summed E-state index contributed by atoms with van der Waals surface area (Å²) in [6, 6.07) is 0. The van der Waals surface area contributed by atoms with Gasteiger partial charge in [-0.05, 0) is 12.8 Å². The van der Waals surface area contributed by atoms with Gasteiger partial charge >= 0.3 is 0 Å². The first-order valence-corrected chi connectivity index (χ1v) is 7.42. The standard InChI is InChI=1S/C14H26N6O/c1-10(2)11-16-12(19(3)4)18-13(17-11)20-7-5-14(15,9-21)6-8-20/h10,21H,5-9,15H2,1-4H3. The second-order valence-electron chi connectivity index (χ2n) is 6.35. The van der Waals surface area contributed by atoms with Crippen LogP contribution in [0.2, 0.25) is 0 Å². The minimum absolute atomic E-state index is 0.0260. The van der Waals surface area contributed by atoms with E-state index >= 15 is 0 Å². The Balaban J connectivity index is 2.23. The highest BCUT2D eigenvalue weighted by Crippen LogP contribution is 2.24. The lowest BCUT2D eigenvalue weighted by atomic mass is 9.90. The van der Waals surface area contributed by atoms with Crippen LogP contribution >= 0.6 is 0 Å². The maximum Gasteiger partial charge on any atom is 0.230 e. The van der Waals surface area contributed by atoms with Crippen LogP contribution in [-0.4, -0.2) is 59.4 Å². The van der Waals surface area contributed by atoms with Crippen molar-refractivity contribution in [2.45, 2.75) is 38.1 Å². The Morgan fingerprint density at radius 3 is 2.33 bits per heavy atom. The summed E-state index contributed by atoms with van der Waals surface area (Å²) in [5.41, 5.74) is 5.65. The maximum absolute atomic E-state index is 9.35. The molecule has 0 saturated carbocycles. The zero-order chi connectivity index (χ0) is 15.6. The van der Waals surface area contributed by atoms with E-state index in [4.69, 9.17) is 5.73 Å². The fourth-order valence-corrected chi connectivity index (χ4v) is 2.28. The molecular weight excluding hydrogens is 268 g/mol. The number of hydrogen-bond donors (Lipinski definition) is 2. The van der Waals surface area contributed by atoms with Crippen LogP contribution in [0.4, 0.5) is 11.9 Å². The van der Waals surface area contributed by atoms with Crippen molar-refractivity contribution in [1.82, 2.24) is 15.0 Å². The molecule has 0 bridgehead atoms. The summed E-state index contributed by atoms with van der Waals surface area (Å²) in [6.45, 7) is 5.69. The third-order valence-corrected chi connectivity index (χ3v) is 3.90. The molecule has 1 aliphatic rings. The number of aliphatic hydroxyl groups excluding tert-OH is 1. The average molecular weight is 294 g/mol. The lowest BCUT2D eigenvalue weighted by Crippen LogP contribution is -2.53. The largest absolute Gasteiger partial charge is 0.394 e. The molecule has 7 nitrogen and oxygen atoms in total. The molecule has 1 fully saturated rings. The number of aliphatic hydroxyl groups is 1. The van der Waals surface area contributed by atoms with Gasteiger partial charge in [-0.25, -0.2) is 0 Å². The van der Waals surface area contributed by atoms with E-state index in [9.17, 15) is 5.11 Å². The molecule has 21 heavy (non-hydrogen) atoms. The summed E-state index contributed by atoms with van der Waals surface area (Å²) in [7, 11) is 3.85. The van der Waals surface area contributed by atoms with Gasteiger partial charge in [-0.15, -0.1) is 0 Å². The van der Waals surface area contributed by atoms with E-state index in [1.807, 2.05) is 19.0 Å². The van der Waals surface area contributed by atoms with Crippen molar-refractivity contribution in [3.05, 3.63) is 5.82 Å². The molecule has 0 aliphatic carbocycles. The Labute approximate surface area is 126 Å². The highest BCUT2D eigenvalue weighted by atomic mass is 16.3. The molecule has 2 rings (SSSR count). The highest BCUT2D eigenvalue weighted by molar-refractivity contribution is 5.39. The third kappa shape index (κ3) is 3.59. The van der Waals surface area contributed by atoms with Gasteiger partial charge in [0.1, 0.15) is 5.82 Å². The first-order chi connectivity index (χ1) is 9.84. The monoisotopic (exact) mass is 294 g/mol. The SMILES string of the molecule is CC(C)c1nc(N(C)C)nc(N2CCC(N)(CO)CC2)n1. The van der Waals surface area contributed by atoms with Crippen LogP contribution in [0.5, 0.6) is 0 Å².